The Morgan fingerprint density at radius 1 is 0.818 bits per heavy atom. The van der Waals surface area contributed by atoms with Crippen molar-refractivity contribution in [3.05, 3.63) is 58.9 Å². The molecule has 2 nitrogen and oxygen atoms in total. The number of aliphatic hydroxyl groups excluding tert-OH is 2. The third-order valence-electron chi connectivity index (χ3n) is 7.74. The first-order valence-electron chi connectivity index (χ1n) is 13.2. The summed E-state index contributed by atoms with van der Waals surface area (Å²) in [5.74, 6) is 1.54. The van der Waals surface area contributed by atoms with Gasteiger partial charge in [0.15, 0.2) is 0 Å². The Balaban J connectivity index is 1.62. The van der Waals surface area contributed by atoms with Gasteiger partial charge in [0.1, 0.15) is 5.82 Å². The minimum atomic E-state index is -0.123. The monoisotopic (exact) mass is 454 g/mol. The van der Waals surface area contributed by atoms with Gasteiger partial charge in [-0.1, -0.05) is 82.7 Å². The lowest BCUT2D eigenvalue weighted by Gasteiger charge is -2.28. The van der Waals surface area contributed by atoms with E-state index < -0.39 is 0 Å². The fraction of sp³-hybridized carbons (Fsp3) is 0.600. The van der Waals surface area contributed by atoms with Gasteiger partial charge < -0.3 is 10.2 Å². The highest BCUT2D eigenvalue weighted by atomic mass is 19.1. The Kier molecular flexibility index (Phi) is 10.4. The number of rotatable bonds is 12. The Morgan fingerprint density at radius 3 is 2.00 bits per heavy atom. The summed E-state index contributed by atoms with van der Waals surface area (Å²) >= 11 is 0. The Morgan fingerprint density at radius 2 is 1.42 bits per heavy atom. The van der Waals surface area contributed by atoms with Crippen molar-refractivity contribution in [2.24, 2.45) is 17.8 Å². The largest absolute Gasteiger partial charge is 0.396 e. The molecule has 0 aromatic heterocycles. The molecule has 182 valence electrons. The van der Waals surface area contributed by atoms with Gasteiger partial charge >= 0.3 is 0 Å². The zero-order valence-electron chi connectivity index (χ0n) is 20.7. The Labute approximate surface area is 200 Å². The standard InChI is InChI=1S/C30H43FO2/c1-3-5-22-6-8-23(9-7-22)10-11-25-15-17-29(30(31)19-25)28-16-14-24(18-27(28)4-2)12-13-26(20-32)21-33/h14-19,22-23,26,32-33H,3-13,20-21H2,1-2H3. The van der Waals surface area contributed by atoms with Crippen molar-refractivity contribution in [1.82, 2.24) is 0 Å². The van der Waals surface area contributed by atoms with Crippen LogP contribution >= 0.6 is 0 Å². The number of hydrogen-bond donors (Lipinski definition) is 2. The van der Waals surface area contributed by atoms with E-state index in [1.165, 1.54) is 50.5 Å². The zero-order chi connectivity index (χ0) is 23.6. The molecular formula is C30H43FO2. The third kappa shape index (κ3) is 7.39. The molecule has 0 spiro atoms. The molecule has 0 aliphatic heterocycles. The van der Waals surface area contributed by atoms with Crippen LogP contribution in [0.5, 0.6) is 0 Å². The Bertz CT molecular complexity index is 850. The number of halogens is 1. The topological polar surface area (TPSA) is 40.5 Å². The molecule has 0 bridgehead atoms. The lowest BCUT2D eigenvalue weighted by molar-refractivity contribution is 0.144. The van der Waals surface area contributed by atoms with Crippen LogP contribution < -0.4 is 0 Å². The smallest absolute Gasteiger partial charge is 0.131 e. The third-order valence-corrected chi connectivity index (χ3v) is 7.74. The van der Waals surface area contributed by atoms with Crippen LogP contribution in [-0.2, 0) is 19.3 Å². The first-order chi connectivity index (χ1) is 16.1. The molecule has 33 heavy (non-hydrogen) atoms. The van der Waals surface area contributed by atoms with Crippen molar-refractivity contribution in [1.29, 1.82) is 0 Å². The fourth-order valence-corrected chi connectivity index (χ4v) is 5.49. The molecule has 2 N–H and O–H groups in total. The van der Waals surface area contributed by atoms with Crippen LogP contribution in [-0.4, -0.2) is 23.4 Å². The highest BCUT2D eigenvalue weighted by molar-refractivity contribution is 5.69. The predicted octanol–water partition coefficient (Wildman–Crippen LogP) is 7.13. The number of aryl methyl sites for hydroxylation is 3. The average molecular weight is 455 g/mol. The van der Waals surface area contributed by atoms with Crippen LogP contribution in [0, 0.1) is 23.6 Å². The van der Waals surface area contributed by atoms with E-state index in [0.717, 1.165) is 54.2 Å². The highest BCUT2D eigenvalue weighted by Crippen LogP contribution is 2.34. The quantitative estimate of drug-likeness (QED) is 0.358. The van der Waals surface area contributed by atoms with Gasteiger partial charge in [0, 0.05) is 24.7 Å². The summed E-state index contributed by atoms with van der Waals surface area (Å²) in [5, 5.41) is 18.6. The Hall–Kier alpha value is -1.71. The zero-order valence-corrected chi connectivity index (χ0v) is 20.7. The molecule has 0 heterocycles. The van der Waals surface area contributed by atoms with Gasteiger partial charge in [0.05, 0.1) is 0 Å². The first kappa shape index (κ1) is 25.9. The normalized spacial score (nSPS) is 18.7. The summed E-state index contributed by atoms with van der Waals surface area (Å²) < 4.78 is 15.1. The lowest BCUT2D eigenvalue weighted by atomic mass is 9.78. The second-order valence-corrected chi connectivity index (χ2v) is 10.1. The maximum Gasteiger partial charge on any atom is 0.131 e. The van der Waals surface area contributed by atoms with Gasteiger partial charge in [-0.25, -0.2) is 4.39 Å². The van der Waals surface area contributed by atoms with E-state index in [-0.39, 0.29) is 24.9 Å². The molecule has 2 aromatic rings. The van der Waals surface area contributed by atoms with Crippen LogP contribution in [0.4, 0.5) is 4.39 Å². The summed E-state index contributed by atoms with van der Waals surface area (Å²) in [6.07, 6.45) is 12.7. The summed E-state index contributed by atoms with van der Waals surface area (Å²) in [4.78, 5) is 0. The molecular weight excluding hydrogens is 411 g/mol. The molecule has 0 unspecified atom stereocenters. The summed E-state index contributed by atoms with van der Waals surface area (Å²) in [7, 11) is 0. The molecule has 0 atom stereocenters. The van der Waals surface area contributed by atoms with Crippen molar-refractivity contribution in [2.45, 2.75) is 84.5 Å². The van der Waals surface area contributed by atoms with E-state index >= 15 is 4.39 Å². The second kappa shape index (κ2) is 13.2. The van der Waals surface area contributed by atoms with Crippen molar-refractivity contribution in [2.75, 3.05) is 13.2 Å². The second-order valence-electron chi connectivity index (χ2n) is 10.1. The van der Waals surface area contributed by atoms with E-state index in [2.05, 4.69) is 32.0 Å². The van der Waals surface area contributed by atoms with Crippen molar-refractivity contribution < 1.29 is 14.6 Å². The van der Waals surface area contributed by atoms with Gasteiger partial charge in [-0.05, 0) is 72.3 Å². The van der Waals surface area contributed by atoms with Crippen LogP contribution in [0.15, 0.2) is 36.4 Å². The van der Waals surface area contributed by atoms with Gasteiger partial charge in [0.2, 0.25) is 0 Å². The average Bonchev–Trinajstić information content (AvgIpc) is 2.84. The van der Waals surface area contributed by atoms with Crippen LogP contribution in [0.1, 0.15) is 81.9 Å². The molecule has 0 amide bonds. The molecule has 0 radical (unpaired) electrons. The maximum absolute atomic E-state index is 15.1. The molecule has 0 saturated heterocycles. The van der Waals surface area contributed by atoms with E-state index in [1.54, 1.807) is 6.07 Å². The summed E-state index contributed by atoms with van der Waals surface area (Å²) in [6.45, 7) is 4.41. The van der Waals surface area contributed by atoms with Gasteiger partial charge in [-0.3, -0.25) is 0 Å². The fourth-order valence-electron chi connectivity index (χ4n) is 5.49. The minimum Gasteiger partial charge on any atom is -0.396 e. The summed E-state index contributed by atoms with van der Waals surface area (Å²) in [5.41, 5.74) is 5.09. The SMILES string of the molecule is CCCC1CCC(CCc2ccc(-c3ccc(CCC(CO)CO)cc3CC)c(F)c2)CC1. The van der Waals surface area contributed by atoms with Crippen LogP contribution in [0.3, 0.4) is 0 Å². The molecule has 1 aliphatic rings. The van der Waals surface area contributed by atoms with Gasteiger partial charge in [0.25, 0.3) is 0 Å². The molecule has 1 saturated carbocycles. The van der Waals surface area contributed by atoms with Crippen molar-refractivity contribution in [3.63, 3.8) is 0 Å². The van der Waals surface area contributed by atoms with Crippen LogP contribution in [0.25, 0.3) is 11.1 Å². The number of aliphatic hydroxyl groups is 2. The predicted molar refractivity (Wildman–Crippen MR) is 136 cm³/mol. The molecule has 1 fully saturated rings. The molecule has 2 aromatic carbocycles. The van der Waals surface area contributed by atoms with Gasteiger partial charge in [-0.15, -0.1) is 0 Å². The first-order valence-corrected chi connectivity index (χ1v) is 13.2. The van der Waals surface area contributed by atoms with E-state index in [4.69, 9.17) is 0 Å². The molecule has 3 heteroatoms. The minimum absolute atomic E-state index is 0.00685. The molecule has 1 aliphatic carbocycles. The highest BCUT2D eigenvalue weighted by Gasteiger charge is 2.20. The maximum atomic E-state index is 15.1. The number of benzene rings is 2. The van der Waals surface area contributed by atoms with E-state index in [0.29, 0.717) is 5.56 Å². The van der Waals surface area contributed by atoms with E-state index in [9.17, 15) is 10.2 Å². The lowest BCUT2D eigenvalue weighted by Crippen LogP contribution is -2.15. The van der Waals surface area contributed by atoms with E-state index in [1.807, 2.05) is 12.1 Å². The molecule has 3 rings (SSSR count). The van der Waals surface area contributed by atoms with Crippen molar-refractivity contribution >= 4 is 0 Å². The van der Waals surface area contributed by atoms with Gasteiger partial charge in [-0.2, -0.15) is 0 Å². The summed E-state index contributed by atoms with van der Waals surface area (Å²) in [6, 6.07) is 12.1. The number of hydrogen-bond acceptors (Lipinski definition) is 2. The van der Waals surface area contributed by atoms with Crippen LogP contribution in [0.2, 0.25) is 0 Å². The van der Waals surface area contributed by atoms with Crippen molar-refractivity contribution in [3.8, 4) is 11.1 Å².